The number of halogens is 2. The van der Waals surface area contributed by atoms with Gasteiger partial charge in [0.05, 0.1) is 30.3 Å². The first-order valence-electron chi connectivity index (χ1n) is 6.71. The highest BCUT2D eigenvalue weighted by Crippen LogP contribution is 2.27. The molecule has 0 saturated heterocycles. The molecule has 2 aromatic rings. The van der Waals surface area contributed by atoms with Crippen LogP contribution in [0.5, 0.6) is 0 Å². The smallest absolute Gasteiger partial charge is 0.308 e. The van der Waals surface area contributed by atoms with E-state index in [9.17, 15) is 4.79 Å². The van der Waals surface area contributed by atoms with E-state index in [-0.39, 0.29) is 30.8 Å². The standard InChI is InChI=1S/C15H16ClN3O2.ClH/c1-3-21-15(20)8-10(2)18-19-13-6-7-17-14-9-11(16)4-5-12(13)14;/h4-7,9-10H,3,8H2,1-2H3;1H. The molecule has 5 nitrogen and oxygen atoms in total. The monoisotopic (exact) mass is 341 g/mol. The number of fused-ring (bicyclic) bond motifs is 1. The molecule has 2 rings (SSSR count). The van der Waals surface area contributed by atoms with Crippen LogP contribution in [0.15, 0.2) is 40.7 Å². The minimum absolute atomic E-state index is 0. The largest absolute Gasteiger partial charge is 0.466 e. The third-order valence-electron chi connectivity index (χ3n) is 2.81. The normalized spacial score (nSPS) is 12.1. The highest BCUT2D eigenvalue weighted by atomic mass is 35.5. The summed E-state index contributed by atoms with van der Waals surface area (Å²) in [5.41, 5.74) is 1.46. The van der Waals surface area contributed by atoms with Gasteiger partial charge >= 0.3 is 5.97 Å². The van der Waals surface area contributed by atoms with Gasteiger partial charge in [-0.2, -0.15) is 10.2 Å². The van der Waals surface area contributed by atoms with Crippen molar-refractivity contribution < 1.29 is 9.53 Å². The average Bonchev–Trinajstić information content (AvgIpc) is 2.44. The van der Waals surface area contributed by atoms with Crippen molar-refractivity contribution in [2.75, 3.05) is 6.61 Å². The predicted octanol–water partition coefficient (Wildman–Crippen LogP) is 4.74. The molecule has 1 aromatic carbocycles. The molecule has 0 radical (unpaired) electrons. The zero-order valence-corrected chi connectivity index (χ0v) is 13.9. The lowest BCUT2D eigenvalue weighted by Crippen LogP contribution is -2.10. The topological polar surface area (TPSA) is 63.9 Å². The number of carbonyl (C=O) groups is 1. The second-order valence-corrected chi connectivity index (χ2v) is 5.00. The van der Waals surface area contributed by atoms with E-state index in [1.165, 1.54) is 0 Å². The summed E-state index contributed by atoms with van der Waals surface area (Å²) in [6, 6.07) is 6.95. The molecule has 1 aromatic heterocycles. The molecule has 1 atom stereocenters. The van der Waals surface area contributed by atoms with Gasteiger partial charge in [-0.1, -0.05) is 11.6 Å². The highest BCUT2D eigenvalue weighted by Gasteiger charge is 2.09. The Morgan fingerprint density at radius 2 is 2.18 bits per heavy atom. The SMILES string of the molecule is CCOC(=O)CC(C)N=Nc1ccnc2cc(Cl)ccc12.Cl. The second kappa shape index (κ2) is 8.66. The van der Waals surface area contributed by atoms with Gasteiger partial charge in [0.15, 0.2) is 0 Å². The fourth-order valence-corrected chi connectivity index (χ4v) is 2.02. The van der Waals surface area contributed by atoms with Gasteiger partial charge in [0, 0.05) is 16.6 Å². The summed E-state index contributed by atoms with van der Waals surface area (Å²) in [7, 11) is 0. The first-order chi connectivity index (χ1) is 10.1. The molecule has 0 fully saturated rings. The van der Waals surface area contributed by atoms with Gasteiger partial charge in [-0.15, -0.1) is 12.4 Å². The van der Waals surface area contributed by atoms with Crippen LogP contribution in [0.2, 0.25) is 5.02 Å². The van der Waals surface area contributed by atoms with E-state index in [4.69, 9.17) is 16.3 Å². The van der Waals surface area contributed by atoms with Crippen LogP contribution in [0.3, 0.4) is 0 Å². The molecule has 7 heteroatoms. The van der Waals surface area contributed by atoms with E-state index in [0.29, 0.717) is 17.3 Å². The molecule has 0 aliphatic carbocycles. The van der Waals surface area contributed by atoms with Crippen molar-refractivity contribution in [1.82, 2.24) is 4.98 Å². The van der Waals surface area contributed by atoms with Gasteiger partial charge in [-0.05, 0) is 38.1 Å². The van der Waals surface area contributed by atoms with Crippen molar-refractivity contribution in [3.63, 3.8) is 0 Å². The van der Waals surface area contributed by atoms with Gasteiger partial charge in [-0.3, -0.25) is 9.78 Å². The van der Waals surface area contributed by atoms with Crippen molar-refractivity contribution in [2.45, 2.75) is 26.3 Å². The van der Waals surface area contributed by atoms with Crippen LogP contribution in [0.1, 0.15) is 20.3 Å². The number of azo groups is 1. The van der Waals surface area contributed by atoms with Gasteiger partial charge < -0.3 is 4.74 Å². The van der Waals surface area contributed by atoms with Crippen LogP contribution in [0, 0.1) is 0 Å². The van der Waals surface area contributed by atoms with E-state index < -0.39 is 0 Å². The Morgan fingerprint density at radius 1 is 1.41 bits per heavy atom. The molecule has 1 unspecified atom stereocenters. The Kier molecular flexibility index (Phi) is 7.21. The second-order valence-electron chi connectivity index (χ2n) is 4.57. The van der Waals surface area contributed by atoms with Crippen LogP contribution in [0.25, 0.3) is 10.9 Å². The van der Waals surface area contributed by atoms with Crippen LogP contribution in [0.4, 0.5) is 5.69 Å². The lowest BCUT2D eigenvalue weighted by molar-refractivity contribution is -0.143. The van der Waals surface area contributed by atoms with Gasteiger partial charge in [0.25, 0.3) is 0 Å². The Hall–Kier alpha value is -1.72. The number of hydrogen-bond donors (Lipinski definition) is 0. The van der Waals surface area contributed by atoms with Crippen LogP contribution >= 0.6 is 24.0 Å². The number of benzene rings is 1. The number of rotatable bonds is 5. The Morgan fingerprint density at radius 3 is 2.91 bits per heavy atom. The number of carbonyl (C=O) groups excluding carboxylic acids is 1. The molecule has 0 aliphatic heterocycles. The third kappa shape index (κ3) is 4.93. The molecular formula is C15H17Cl2N3O2. The molecule has 0 N–H and O–H groups in total. The maximum absolute atomic E-state index is 11.4. The maximum atomic E-state index is 11.4. The average molecular weight is 342 g/mol. The van der Waals surface area contributed by atoms with Crippen LogP contribution < -0.4 is 0 Å². The molecule has 0 aliphatic rings. The van der Waals surface area contributed by atoms with E-state index in [2.05, 4.69) is 15.2 Å². The number of esters is 1. The number of ether oxygens (including phenoxy) is 1. The molecular weight excluding hydrogens is 325 g/mol. The lowest BCUT2D eigenvalue weighted by Gasteiger charge is -2.05. The van der Waals surface area contributed by atoms with E-state index in [1.807, 2.05) is 13.0 Å². The molecule has 0 bridgehead atoms. The molecule has 0 saturated carbocycles. The summed E-state index contributed by atoms with van der Waals surface area (Å²) in [4.78, 5) is 15.6. The predicted molar refractivity (Wildman–Crippen MR) is 89.2 cm³/mol. The number of hydrogen-bond acceptors (Lipinski definition) is 5. The Balaban J connectivity index is 0.00000242. The summed E-state index contributed by atoms with van der Waals surface area (Å²) in [5.74, 6) is -0.268. The van der Waals surface area contributed by atoms with Crippen molar-refractivity contribution in [2.24, 2.45) is 10.2 Å². The molecule has 0 amide bonds. The zero-order chi connectivity index (χ0) is 15.2. The van der Waals surface area contributed by atoms with Crippen molar-refractivity contribution in [3.05, 3.63) is 35.5 Å². The first kappa shape index (κ1) is 18.3. The maximum Gasteiger partial charge on any atom is 0.308 e. The Bertz CT molecular complexity index is 677. The summed E-state index contributed by atoms with van der Waals surface area (Å²) in [6.45, 7) is 3.97. The molecule has 22 heavy (non-hydrogen) atoms. The van der Waals surface area contributed by atoms with Gasteiger partial charge in [0.1, 0.15) is 0 Å². The minimum Gasteiger partial charge on any atom is -0.466 e. The van der Waals surface area contributed by atoms with Crippen LogP contribution in [-0.4, -0.2) is 23.6 Å². The number of nitrogens with zero attached hydrogens (tertiary/aromatic N) is 3. The van der Waals surface area contributed by atoms with Crippen molar-refractivity contribution >= 4 is 46.6 Å². The fraction of sp³-hybridized carbons (Fsp3) is 0.333. The lowest BCUT2D eigenvalue weighted by atomic mass is 10.2. The summed E-state index contributed by atoms with van der Waals surface area (Å²) in [6.07, 6.45) is 1.87. The third-order valence-corrected chi connectivity index (χ3v) is 3.05. The first-order valence-corrected chi connectivity index (χ1v) is 7.08. The molecule has 1 heterocycles. The summed E-state index contributed by atoms with van der Waals surface area (Å²) in [5, 5.41) is 9.86. The fourth-order valence-electron chi connectivity index (χ4n) is 1.86. The van der Waals surface area contributed by atoms with E-state index >= 15 is 0 Å². The van der Waals surface area contributed by atoms with Gasteiger partial charge in [-0.25, -0.2) is 0 Å². The minimum atomic E-state index is -0.268. The molecule has 0 spiro atoms. The van der Waals surface area contributed by atoms with Crippen molar-refractivity contribution in [3.8, 4) is 0 Å². The zero-order valence-electron chi connectivity index (χ0n) is 12.3. The Labute approximate surface area is 140 Å². The quantitative estimate of drug-likeness (QED) is 0.582. The van der Waals surface area contributed by atoms with Crippen LogP contribution in [-0.2, 0) is 9.53 Å². The number of pyridine rings is 1. The molecule has 118 valence electrons. The van der Waals surface area contributed by atoms with E-state index in [0.717, 1.165) is 10.9 Å². The number of aromatic nitrogens is 1. The highest BCUT2D eigenvalue weighted by molar-refractivity contribution is 6.31. The van der Waals surface area contributed by atoms with Crippen molar-refractivity contribution in [1.29, 1.82) is 0 Å². The summed E-state index contributed by atoms with van der Waals surface area (Å²) < 4.78 is 4.88. The van der Waals surface area contributed by atoms with E-state index in [1.54, 1.807) is 31.3 Å². The summed E-state index contributed by atoms with van der Waals surface area (Å²) >= 11 is 5.94. The van der Waals surface area contributed by atoms with Gasteiger partial charge in [0.2, 0.25) is 0 Å².